The first kappa shape index (κ1) is 23.6. The second-order valence-electron chi connectivity index (χ2n) is 9.05. The van der Waals surface area contributed by atoms with Crippen LogP contribution in [0.4, 0.5) is 11.5 Å². The minimum absolute atomic E-state index is 0.0397. The first-order valence-electron chi connectivity index (χ1n) is 12.0. The summed E-state index contributed by atoms with van der Waals surface area (Å²) < 4.78 is 11.3. The summed E-state index contributed by atoms with van der Waals surface area (Å²) in [4.78, 5) is 37.3. The number of carbonyl (C=O) groups is 2. The molecule has 4 heterocycles. The summed E-state index contributed by atoms with van der Waals surface area (Å²) >= 11 is 5.89. The van der Waals surface area contributed by atoms with Crippen LogP contribution in [0.15, 0.2) is 35.0 Å². The van der Waals surface area contributed by atoms with Crippen LogP contribution in [0.2, 0.25) is 5.02 Å². The fourth-order valence-corrected chi connectivity index (χ4v) is 5.22. The first-order chi connectivity index (χ1) is 17.0. The number of methoxy groups -OCH3 is 1. The lowest BCUT2D eigenvalue weighted by atomic mass is 9.84. The molecule has 3 aromatic rings. The molecule has 1 aliphatic carbocycles. The van der Waals surface area contributed by atoms with E-state index < -0.39 is 5.91 Å². The number of furan rings is 1. The fourth-order valence-electron chi connectivity index (χ4n) is 5.11. The highest BCUT2D eigenvalue weighted by molar-refractivity contribution is 6.30. The molecule has 2 aliphatic rings. The van der Waals surface area contributed by atoms with E-state index in [1.807, 2.05) is 0 Å². The molecule has 2 fully saturated rings. The lowest BCUT2D eigenvalue weighted by molar-refractivity contribution is -0.121. The van der Waals surface area contributed by atoms with Crippen molar-refractivity contribution >= 4 is 45.9 Å². The van der Waals surface area contributed by atoms with E-state index in [1.54, 1.807) is 18.2 Å². The van der Waals surface area contributed by atoms with Gasteiger partial charge in [-0.15, -0.1) is 0 Å². The number of nitrogens with one attached hydrogen (secondary N) is 2. The molecule has 0 spiro atoms. The standard InChI is InChI=1S/C25H28ClN5O4/c1-34-25-20-18(10-11-27-25)35-22(24(33)29-19-9-6-16(26)14-28-19)21(20)30-23(32)15-4-7-17(8-5-15)31-12-2-3-13-31/h6,9-11,14-15,17H,2-5,7-8,12-13H2,1H3,(H,30,32)(H,28,29,33). The quantitative estimate of drug-likeness (QED) is 0.506. The van der Waals surface area contributed by atoms with Crippen LogP contribution in [0.25, 0.3) is 11.0 Å². The highest BCUT2D eigenvalue weighted by Gasteiger charge is 2.32. The van der Waals surface area contributed by atoms with Gasteiger partial charge in [0.05, 0.1) is 12.1 Å². The lowest BCUT2D eigenvalue weighted by Gasteiger charge is -2.33. The number of amides is 2. The molecule has 0 radical (unpaired) electrons. The second kappa shape index (κ2) is 10.2. The van der Waals surface area contributed by atoms with Gasteiger partial charge in [0.2, 0.25) is 17.5 Å². The summed E-state index contributed by atoms with van der Waals surface area (Å²) in [5, 5.41) is 6.56. The van der Waals surface area contributed by atoms with Gasteiger partial charge in [0.15, 0.2) is 0 Å². The Labute approximate surface area is 208 Å². The average molecular weight is 498 g/mol. The largest absolute Gasteiger partial charge is 0.480 e. The molecule has 5 rings (SSSR count). The summed E-state index contributed by atoms with van der Waals surface area (Å²) in [6.45, 7) is 2.33. The summed E-state index contributed by atoms with van der Waals surface area (Å²) in [5.74, 6) is -0.272. The van der Waals surface area contributed by atoms with E-state index in [1.165, 1.54) is 32.3 Å². The average Bonchev–Trinajstić information content (AvgIpc) is 3.54. The molecule has 35 heavy (non-hydrogen) atoms. The molecule has 0 aromatic carbocycles. The summed E-state index contributed by atoms with van der Waals surface area (Å²) in [6, 6.07) is 5.40. The summed E-state index contributed by atoms with van der Waals surface area (Å²) in [5.41, 5.74) is 0.641. The number of carbonyl (C=O) groups excluding carboxylic acids is 2. The number of fused-ring (bicyclic) bond motifs is 1. The van der Waals surface area contributed by atoms with Crippen molar-refractivity contribution in [3.8, 4) is 5.88 Å². The van der Waals surface area contributed by atoms with Gasteiger partial charge >= 0.3 is 0 Å². The summed E-state index contributed by atoms with van der Waals surface area (Å²) in [6.07, 6.45) is 9.13. The molecule has 0 bridgehead atoms. The van der Waals surface area contributed by atoms with Crippen molar-refractivity contribution in [3.05, 3.63) is 41.4 Å². The van der Waals surface area contributed by atoms with Crippen molar-refractivity contribution in [2.45, 2.75) is 44.6 Å². The molecule has 10 heteroatoms. The van der Waals surface area contributed by atoms with Crippen LogP contribution in [0.1, 0.15) is 49.1 Å². The third-order valence-electron chi connectivity index (χ3n) is 6.91. The van der Waals surface area contributed by atoms with E-state index in [4.69, 9.17) is 20.8 Å². The topological polar surface area (TPSA) is 110 Å². The minimum atomic E-state index is -0.550. The first-order valence-corrected chi connectivity index (χ1v) is 12.3. The Morgan fingerprint density at radius 1 is 1.09 bits per heavy atom. The number of rotatable bonds is 6. The number of halogens is 1. The Morgan fingerprint density at radius 2 is 1.86 bits per heavy atom. The zero-order valence-electron chi connectivity index (χ0n) is 19.6. The van der Waals surface area contributed by atoms with Crippen LogP contribution in [0, 0.1) is 5.92 Å². The van der Waals surface area contributed by atoms with Crippen molar-refractivity contribution in [2.24, 2.45) is 5.92 Å². The van der Waals surface area contributed by atoms with E-state index in [0.29, 0.717) is 27.9 Å². The van der Waals surface area contributed by atoms with Gasteiger partial charge in [-0.2, -0.15) is 0 Å². The number of anilines is 2. The van der Waals surface area contributed by atoms with Gasteiger partial charge in [-0.25, -0.2) is 9.97 Å². The number of hydrogen-bond donors (Lipinski definition) is 2. The number of aromatic nitrogens is 2. The van der Waals surface area contributed by atoms with Crippen LogP contribution in [-0.2, 0) is 4.79 Å². The number of hydrogen-bond acceptors (Lipinski definition) is 7. The number of ether oxygens (including phenoxy) is 1. The monoisotopic (exact) mass is 497 g/mol. The molecule has 9 nitrogen and oxygen atoms in total. The van der Waals surface area contributed by atoms with Gasteiger partial charge in [0.25, 0.3) is 5.91 Å². The molecular weight excluding hydrogens is 470 g/mol. The molecule has 3 aromatic heterocycles. The second-order valence-corrected chi connectivity index (χ2v) is 9.49. The van der Waals surface area contributed by atoms with Crippen molar-refractivity contribution in [1.82, 2.24) is 14.9 Å². The number of pyridine rings is 2. The Balaban J connectivity index is 1.38. The summed E-state index contributed by atoms with van der Waals surface area (Å²) in [7, 11) is 1.48. The number of nitrogens with zero attached hydrogens (tertiary/aromatic N) is 3. The Hall–Kier alpha value is -3.17. The molecule has 0 atom stereocenters. The van der Waals surface area contributed by atoms with Gasteiger partial charge in [-0.05, 0) is 63.7 Å². The van der Waals surface area contributed by atoms with Gasteiger partial charge in [0.1, 0.15) is 22.5 Å². The third kappa shape index (κ3) is 4.97. The molecular formula is C25H28ClN5O4. The molecule has 2 N–H and O–H groups in total. The lowest BCUT2D eigenvalue weighted by Crippen LogP contribution is -2.38. The van der Waals surface area contributed by atoms with Crippen LogP contribution < -0.4 is 15.4 Å². The molecule has 2 amide bonds. The smallest absolute Gasteiger partial charge is 0.294 e. The van der Waals surface area contributed by atoms with E-state index in [0.717, 1.165) is 38.8 Å². The van der Waals surface area contributed by atoms with Crippen LogP contribution in [0.3, 0.4) is 0 Å². The third-order valence-corrected chi connectivity index (χ3v) is 7.13. The normalized spacial score (nSPS) is 20.6. The fraction of sp³-hybridized carbons (Fsp3) is 0.440. The number of likely N-dealkylation sites (tertiary alicyclic amines) is 1. The SMILES string of the molecule is COc1nccc2oc(C(=O)Nc3ccc(Cl)cn3)c(NC(=O)C3CCC(N4CCCC4)CC3)c12. The van der Waals surface area contributed by atoms with Crippen LogP contribution in [0.5, 0.6) is 5.88 Å². The van der Waals surface area contributed by atoms with E-state index in [-0.39, 0.29) is 29.2 Å². The molecule has 1 aliphatic heterocycles. The zero-order chi connectivity index (χ0) is 24.4. The minimum Gasteiger partial charge on any atom is -0.480 e. The van der Waals surface area contributed by atoms with Crippen molar-refractivity contribution in [1.29, 1.82) is 0 Å². The zero-order valence-corrected chi connectivity index (χ0v) is 20.3. The molecule has 1 saturated heterocycles. The van der Waals surface area contributed by atoms with Crippen molar-refractivity contribution in [3.63, 3.8) is 0 Å². The maximum absolute atomic E-state index is 13.3. The van der Waals surface area contributed by atoms with E-state index >= 15 is 0 Å². The van der Waals surface area contributed by atoms with Crippen molar-refractivity contribution in [2.75, 3.05) is 30.8 Å². The van der Waals surface area contributed by atoms with E-state index in [2.05, 4.69) is 25.5 Å². The molecule has 0 unspecified atom stereocenters. The van der Waals surface area contributed by atoms with Gasteiger partial charge < -0.3 is 24.7 Å². The predicted octanol–water partition coefficient (Wildman–Crippen LogP) is 4.73. The van der Waals surface area contributed by atoms with Gasteiger partial charge in [0, 0.05) is 30.4 Å². The Morgan fingerprint density at radius 3 is 2.54 bits per heavy atom. The van der Waals surface area contributed by atoms with Crippen LogP contribution in [-0.4, -0.2) is 52.9 Å². The maximum atomic E-state index is 13.3. The van der Waals surface area contributed by atoms with E-state index in [9.17, 15) is 9.59 Å². The molecule has 1 saturated carbocycles. The Bertz CT molecular complexity index is 1210. The highest BCUT2D eigenvalue weighted by Crippen LogP contribution is 2.38. The highest BCUT2D eigenvalue weighted by atomic mass is 35.5. The predicted molar refractivity (Wildman–Crippen MR) is 133 cm³/mol. The van der Waals surface area contributed by atoms with Crippen LogP contribution >= 0.6 is 11.6 Å². The van der Waals surface area contributed by atoms with Gasteiger partial charge in [-0.1, -0.05) is 11.6 Å². The van der Waals surface area contributed by atoms with Crippen molar-refractivity contribution < 1.29 is 18.7 Å². The Kier molecular flexibility index (Phi) is 6.88. The molecule has 184 valence electrons. The van der Waals surface area contributed by atoms with Gasteiger partial charge in [-0.3, -0.25) is 9.59 Å². The maximum Gasteiger partial charge on any atom is 0.294 e.